The first-order valence-electron chi connectivity index (χ1n) is 12.8. The maximum Gasteiger partial charge on any atom is 0.0402 e. The molecule has 154 valence electrons. The second-order valence-electron chi connectivity index (χ2n) is 12.4. The molecule has 0 aromatic heterocycles. The van der Waals surface area contributed by atoms with E-state index in [0.29, 0.717) is 10.8 Å². The molecule has 8 fully saturated rings. The van der Waals surface area contributed by atoms with Gasteiger partial charge in [-0.1, -0.05) is 35.8 Å². The first kappa shape index (κ1) is 18.0. The second-order valence-corrected chi connectivity index (χ2v) is 12.4. The summed E-state index contributed by atoms with van der Waals surface area (Å²) in [4.78, 5) is 0. The van der Waals surface area contributed by atoms with Crippen LogP contribution in [0.2, 0.25) is 0 Å². The van der Waals surface area contributed by atoms with Crippen molar-refractivity contribution in [2.45, 2.75) is 77.0 Å². The minimum atomic E-state index is 0.329. The smallest absolute Gasteiger partial charge is 0.0402 e. The van der Waals surface area contributed by atoms with Gasteiger partial charge in [-0.25, -0.2) is 0 Å². The van der Waals surface area contributed by atoms with Gasteiger partial charge in [-0.15, -0.1) is 0 Å². The standard InChI is InChI=1S/C30H34/c1-2-4-28(6-8-30-18-24-12-25(19-30)14-26(13-24)20-30)27(3-1)5-7-29-15-21-9-22(16-29)11-23(10-21)17-29/h1-4,21-26H,9-20H2. The van der Waals surface area contributed by atoms with Crippen molar-refractivity contribution < 1.29 is 0 Å². The molecule has 1 aromatic carbocycles. The molecule has 8 aliphatic rings. The van der Waals surface area contributed by atoms with Crippen LogP contribution in [-0.4, -0.2) is 0 Å². The summed E-state index contributed by atoms with van der Waals surface area (Å²) in [5.74, 6) is 20.9. The molecule has 0 nitrogen and oxygen atoms in total. The van der Waals surface area contributed by atoms with Crippen LogP contribution in [0.5, 0.6) is 0 Å². The van der Waals surface area contributed by atoms with Crippen LogP contribution < -0.4 is 0 Å². The minimum absolute atomic E-state index is 0.329. The van der Waals surface area contributed by atoms with Gasteiger partial charge < -0.3 is 0 Å². The van der Waals surface area contributed by atoms with E-state index in [1.165, 1.54) is 88.2 Å². The number of benzene rings is 1. The molecule has 8 saturated carbocycles. The quantitative estimate of drug-likeness (QED) is 0.423. The molecule has 0 heteroatoms. The van der Waals surface area contributed by atoms with E-state index in [-0.39, 0.29) is 0 Å². The number of hydrogen-bond acceptors (Lipinski definition) is 0. The van der Waals surface area contributed by atoms with Crippen molar-refractivity contribution in [3.63, 3.8) is 0 Å². The molecule has 0 aliphatic heterocycles. The van der Waals surface area contributed by atoms with Gasteiger partial charge in [0.1, 0.15) is 0 Å². The van der Waals surface area contributed by atoms with Gasteiger partial charge in [-0.2, -0.15) is 0 Å². The second kappa shape index (κ2) is 6.42. The van der Waals surface area contributed by atoms with Crippen LogP contribution in [0, 0.1) is 70.0 Å². The topological polar surface area (TPSA) is 0 Å². The van der Waals surface area contributed by atoms with Crippen molar-refractivity contribution in [3.05, 3.63) is 35.4 Å². The van der Waals surface area contributed by atoms with E-state index in [9.17, 15) is 0 Å². The molecular formula is C30H34. The van der Waals surface area contributed by atoms with Crippen LogP contribution in [0.1, 0.15) is 88.2 Å². The first-order chi connectivity index (χ1) is 14.6. The fourth-order valence-electron chi connectivity index (χ4n) is 9.63. The van der Waals surface area contributed by atoms with Crippen LogP contribution in [-0.2, 0) is 0 Å². The van der Waals surface area contributed by atoms with Gasteiger partial charge in [0.2, 0.25) is 0 Å². The molecule has 0 heterocycles. The zero-order chi connectivity index (χ0) is 19.8. The lowest BCUT2D eigenvalue weighted by Gasteiger charge is -2.54. The van der Waals surface area contributed by atoms with Crippen molar-refractivity contribution in [3.8, 4) is 23.7 Å². The monoisotopic (exact) mass is 394 g/mol. The molecule has 1 aromatic rings. The van der Waals surface area contributed by atoms with E-state index >= 15 is 0 Å². The Hall–Kier alpha value is -1.66. The Labute approximate surface area is 182 Å². The molecule has 0 unspecified atom stereocenters. The highest BCUT2D eigenvalue weighted by molar-refractivity contribution is 5.51. The maximum absolute atomic E-state index is 3.86. The van der Waals surface area contributed by atoms with Crippen molar-refractivity contribution >= 4 is 0 Å². The largest absolute Gasteiger partial charge is 0.0910 e. The van der Waals surface area contributed by atoms with Gasteiger partial charge in [0, 0.05) is 22.0 Å². The highest BCUT2D eigenvalue weighted by Gasteiger charge is 2.51. The first-order valence-corrected chi connectivity index (χ1v) is 12.8. The molecular weight excluding hydrogens is 360 g/mol. The van der Waals surface area contributed by atoms with Crippen LogP contribution in [0.3, 0.4) is 0 Å². The average molecular weight is 395 g/mol. The lowest BCUT2D eigenvalue weighted by atomic mass is 9.50. The van der Waals surface area contributed by atoms with E-state index in [4.69, 9.17) is 0 Å². The predicted molar refractivity (Wildman–Crippen MR) is 121 cm³/mol. The Balaban J connectivity index is 1.18. The normalized spacial score (nSPS) is 46.8. The van der Waals surface area contributed by atoms with Crippen LogP contribution in [0.4, 0.5) is 0 Å². The molecule has 0 atom stereocenters. The van der Waals surface area contributed by atoms with Gasteiger partial charge in [0.25, 0.3) is 0 Å². The van der Waals surface area contributed by atoms with Gasteiger partial charge >= 0.3 is 0 Å². The van der Waals surface area contributed by atoms with Crippen LogP contribution >= 0.6 is 0 Å². The van der Waals surface area contributed by atoms with E-state index in [2.05, 4.69) is 47.9 Å². The molecule has 9 rings (SSSR count). The Morgan fingerprint density at radius 1 is 0.500 bits per heavy atom. The van der Waals surface area contributed by atoms with Gasteiger partial charge in [0.15, 0.2) is 0 Å². The third kappa shape index (κ3) is 2.98. The molecule has 0 amide bonds. The molecule has 30 heavy (non-hydrogen) atoms. The summed E-state index contributed by atoms with van der Waals surface area (Å²) < 4.78 is 0. The summed E-state index contributed by atoms with van der Waals surface area (Å²) in [5, 5.41) is 0. The number of hydrogen-bond donors (Lipinski definition) is 0. The van der Waals surface area contributed by atoms with E-state index < -0.39 is 0 Å². The van der Waals surface area contributed by atoms with Gasteiger partial charge in [0.05, 0.1) is 0 Å². The lowest BCUT2D eigenvalue weighted by Crippen LogP contribution is -2.45. The highest BCUT2D eigenvalue weighted by atomic mass is 14.5. The maximum atomic E-state index is 3.86. The third-order valence-corrected chi connectivity index (χ3v) is 9.93. The van der Waals surface area contributed by atoms with Crippen LogP contribution in [0.15, 0.2) is 24.3 Å². The van der Waals surface area contributed by atoms with E-state index in [1.54, 1.807) is 0 Å². The van der Waals surface area contributed by atoms with Crippen molar-refractivity contribution in [2.75, 3.05) is 0 Å². The molecule has 8 aliphatic carbocycles. The van der Waals surface area contributed by atoms with Crippen molar-refractivity contribution in [1.82, 2.24) is 0 Å². The molecule has 0 radical (unpaired) electrons. The Morgan fingerprint density at radius 3 is 1.10 bits per heavy atom. The van der Waals surface area contributed by atoms with Crippen molar-refractivity contribution in [2.24, 2.45) is 46.3 Å². The summed E-state index contributed by atoms with van der Waals surface area (Å²) >= 11 is 0. The summed E-state index contributed by atoms with van der Waals surface area (Å²) in [6.45, 7) is 0. The van der Waals surface area contributed by atoms with Crippen molar-refractivity contribution in [1.29, 1.82) is 0 Å². The van der Waals surface area contributed by atoms with E-state index in [0.717, 1.165) is 35.5 Å². The molecule has 0 saturated heterocycles. The minimum Gasteiger partial charge on any atom is -0.0910 e. The third-order valence-electron chi connectivity index (χ3n) is 9.93. The SMILES string of the molecule is C(#CC12CC3CC(CC(C3)C1)C2)c1ccccc1C#CC12CC3CC(CC(C3)C1)C2. The Morgan fingerprint density at radius 2 is 0.800 bits per heavy atom. The fourth-order valence-corrected chi connectivity index (χ4v) is 9.63. The molecule has 8 bridgehead atoms. The zero-order valence-corrected chi connectivity index (χ0v) is 18.3. The Kier molecular flexibility index (Phi) is 3.85. The Bertz CT molecular complexity index is 835. The number of rotatable bonds is 0. The molecule has 0 spiro atoms. The highest BCUT2D eigenvalue weighted by Crippen LogP contribution is 2.60. The summed E-state index contributed by atoms with van der Waals surface area (Å²) in [6, 6.07) is 8.74. The zero-order valence-electron chi connectivity index (χ0n) is 18.3. The van der Waals surface area contributed by atoms with Crippen LogP contribution in [0.25, 0.3) is 0 Å². The lowest BCUT2D eigenvalue weighted by molar-refractivity contribution is -0.0182. The van der Waals surface area contributed by atoms with Gasteiger partial charge in [-0.05, 0) is 125 Å². The summed E-state index contributed by atoms with van der Waals surface area (Å²) in [7, 11) is 0. The summed E-state index contributed by atoms with van der Waals surface area (Å²) in [6.07, 6.45) is 17.2. The predicted octanol–water partition coefficient (Wildman–Crippen LogP) is 6.82. The fraction of sp³-hybridized carbons (Fsp3) is 0.667. The summed E-state index contributed by atoms with van der Waals surface area (Å²) in [5.41, 5.74) is 3.03. The molecule has 0 N–H and O–H groups in total. The van der Waals surface area contributed by atoms with E-state index in [1.807, 2.05) is 0 Å². The average Bonchev–Trinajstić information content (AvgIpc) is 2.69. The van der Waals surface area contributed by atoms with Gasteiger partial charge in [-0.3, -0.25) is 0 Å².